The Hall–Kier alpha value is -5.06. The van der Waals surface area contributed by atoms with Gasteiger partial charge in [-0.3, -0.25) is 19.3 Å². The number of benzene rings is 2. The first-order chi connectivity index (χ1) is 27.2. The van der Waals surface area contributed by atoms with Gasteiger partial charge in [-0.15, -0.1) is 0 Å². The molecule has 0 spiro atoms. The van der Waals surface area contributed by atoms with Crippen LogP contribution in [-0.4, -0.2) is 115 Å². The van der Waals surface area contributed by atoms with Crippen molar-refractivity contribution >= 4 is 23.8 Å². The fourth-order valence-corrected chi connectivity index (χ4v) is 7.21. The number of esters is 1. The summed E-state index contributed by atoms with van der Waals surface area (Å²) in [4.78, 5) is 57.6. The molecule has 0 bridgehead atoms. The lowest BCUT2D eigenvalue weighted by Crippen LogP contribution is -2.49. The molecule has 3 aliphatic heterocycles. The van der Waals surface area contributed by atoms with Crippen molar-refractivity contribution in [3.05, 3.63) is 89.9 Å². The van der Waals surface area contributed by atoms with Crippen molar-refractivity contribution in [1.29, 1.82) is 0 Å². The SMILES string of the molecule is O=C(CCCOCCN1C(=O)C=CC1=O)OCCNC(=O)N(C[C@@H]1CNC[C@@H]1F)[C@@H](c1nc(-c2cc(F)ccc2F)cn1Cc1ccccc1)C1CCOCC1. The Morgan fingerprint density at radius 1 is 1.02 bits per heavy atom. The van der Waals surface area contributed by atoms with Gasteiger partial charge in [0.05, 0.1) is 31.4 Å². The lowest BCUT2D eigenvalue weighted by atomic mass is 9.89. The van der Waals surface area contributed by atoms with E-state index in [4.69, 9.17) is 19.2 Å². The van der Waals surface area contributed by atoms with Crippen LogP contribution in [0.5, 0.6) is 0 Å². The van der Waals surface area contributed by atoms with E-state index in [2.05, 4.69) is 10.6 Å². The monoisotopic (exact) mass is 780 g/mol. The number of carbonyl (C=O) groups is 4. The molecule has 2 saturated heterocycles. The minimum atomic E-state index is -1.20. The standard InChI is InChI=1S/C40H47F3N6O7/c41-30-8-9-32(42)31(21-30)34-26-47(24-27-5-2-1-3-6-27)39(46-34)38(28-12-17-55-18-13-28)49(25-29-22-44-23-33(29)43)40(53)45-14-19-56-37(52)7-4-16-54-20-15-48-35(50)10-11-36(48)51/h1-3,5-6,8-11,21,26,28-29,33,38,44H,4,7,12-20,22-25H2,(H,45,53)/t29-,33-,38+/m0/s1. The molecule has 6 rings (SSSR count). The van der Waals surface area contributed by atoms with E-state index in [1.807, 2.05) is 34.9 Å². The summed E-state index contributed by atoms with van der Waals surface area (Å²) in [6.07, 6.45) is 4.42. The van der Waals surface area contributed by atoms with Crippen LogP contribution < -0.4 is 10.6 Å². The normalized spacial score (nSPS) is 19.1. The quantitative estimate of drug-likeness (QED) is 0.110. The summed E-state index contributed by atoms with van der Waals surface area (Å²) in [5.74, 6) is -2.79. The number of amides is 4. The highest BCUT2D eigenvalue weighted by Crippen LogP contribution is 2.38. The number of halogens is 3. The van der Waals surface area contributed by atoms with Gasteiger partial charge >= 0.3 is 12.0 Å². The molecule has 4 amide bonds. The summed E-state index contributed by atoms with van der Waals surface area (Å²) in [6.45, 7) is 2.09. The summed E-state index contributed by atoms with van der Waals surface area (Å²) in [7, 11) is 0. The van der Waals surface area contributed by atoms with Crippen LogP contribution in [0.4, 0.5) is 18.0 Å². The molecule has 2 aromatic carbocycles. The maximum absolute atomic E-state index is 15.2. The van der Waals surface area contributed by atoms with Crippen molar-refractivity contribution in [3.8, 4) is 11.3 Å². The van der Waals surface area contributed by atoms with Crippen molar-refractivity contribution < 1.29 is 46.6 Å². The largest absolute Gasteiger partial charge is 0.464 e. The van der Waals surface area contributed by atoms with Gasteiger partial charge < -0.3 is 34.3 Å². The third kappa shape index (κ3) is 10.6. The number of carbonyl (C=O) groups excluding carboxylic acids is 4. The molecule has 3 atom stereocenters. The van der Waals surface area contributed by atoms with E-state index < -0.39 is 41.8 Å². The van der Waals surface area contributed by atoms with Gasteiger partial charge in [0, 0.05) is 82.3 Å². The van der Waals surface area contributed by atoms with E-state index >= 15 is 8.78 Å². The summed E-state index contributed by atoms with van der Waals surface area (Å²) in [5, 5.41) is 5.92. The number of ether oxygens (including phenoxy) is 3. The van der Waals surface area contributed by atoms with E-state index in [1.165, 1.54) is 12.2 Å². The number of nitrogens with one attached hydrogen (secondary N) is 2. The molecule has 56 heavy (non-hydrogen) atoms. The minimum absolute atomic E-state index is 0.0235. The summed E-state index contributed by atoms with van der Waals surface area (Å²) in [6, 6.07) is 11.5. The maximum Gasteiger partial charge on any atom is 0.318 e. The zero-order valence-electron chi connectivity index (χ0n) is 31.0. The summed E-state index contributed by atoms with van der Waals surface area (Å²) >= 11 is 0. The molecule has 0 unspecified atom stereocenters. The van der Waals surface area contributed by atoms with Crippen LogP contribution in [0.15, 0.2) is 66.9 Å². The first kappa shape index (κ1) is 40.6. The van der Waals surface area contributed by atoms with Gasteiger partial charge in [-0.25, -0.2) is 22.9 Å². The lowest BCUT2D eigenvalue weighted by Gasteiger charge is -2.39. The predicted molar refractivity (Wildman–Crippen MR) is 198 cm³/mol. The number of imidazole rings is 1. The number of hydrogen-bond donors (Lipinski definition) is 2. The topological polar surface area (TPSA) is 144 Å². The van der Waals surface area contributed by atoms with Crippen LogP contribution in [0.1, 0.15) is 43.1 Å². The van der Waals surface area contributed by atoms with Gasteiger partial charge in [-0.2, -0.15) is 0 Å². The van der Waals surface area contributed by atoms with Gasteiger partial charge in [0.25, 0.3) is 11.8 Å². The molecule has 2 fully saturated rings. The number of imide groups is 1. The zero-order chi connectivity index (χ0) is 39.4. The highest BCUT2D eigenvalue weighted by atomic mass is 19.1. The van der Waals surface area contributed by atoms with Gasteiger partial charge in [-0.1, -0.05) is 30.3 Å². The van der Waals surface area contributed by atoms with E-state index in [-0.39, 0.29) is 81.4 Å². The van der Waals surface area contributed by atoms with Crippen LogP contribution in [0.3, 0.4) is 0 Å². The molecule has 1 aromatic heterocycles. The number of alkyl halides is 1. The van der Waals surface area contributed by atoms with Crippen LogP contribution in [0.2, 0.25) is 0 Å². The number of urea groups is 1. The van der Waals surface area contributed by atoms with Crippen molar-refractivity contribution in [3.63, 3.8) is 0 Å². The van der Waals surface area contributed by atoms with Crippen molar-refractivity contribution in [1.82, 2.24) is 30.0 Å². The molecule has 0 saturated carbocycles. The fraction of sp³-hybridized carbons (Fsp3) is 0.475. The molecule has 0 aliphatic carbocycles. The van der Waals surface area contributed by atoms with Crippen LogP contribution in [0.25, 0.3) is 11.3 Å². The first-order valence-electron chi connectivity index (χ1n) is 19.0. The van der Waals surface area contributed by atoms with E-state index in [0.717, 1.165) is 28.7 Å². The van der Waals surface area contributed by atoms with E-state index in [0.29, 0.717) is 51.4 Å². The second-order valence-electron chi connectivity index (χ2n) is 14.0. The van der Waals surface area contributed by atoms with E-state index in [9.17, 15) is 23.6 Å². The molecule has 300 valence electrons. The third-order valence-electron chi connectivity index (χ3n) is 10.1. The molecule has 4 heterocycles. The average molecular weight is 781 g/mol. The molecule has 0 radical (unpaired) electrons. The van der Waals surface area contributed by atoms with Gasteiger partial charge in [-0.05, 0) is 48.9 Å². The Labute approximate surface area is 323 Å². The Kier molecular flexibility index (Phi) is 14.3. The third-order valence-corrected chi connectivity index (χ3v) is 10.1. The average Bonchev–Trinajstić information content (AvgIpc) is 3.90. The van der Waals surface area contributed by atoms with Crippen molar-refractivity contribution in [2.75, 3.05) is 65.8 Å². The molecule has 3 aromatic rings. The van der Waals surface area contributed by atoms with Crippen molar-refractivity contribution in [2.24, 2.45) is 11.8 Å². The second kappa shape index (κ2) is 19.7. The van der Waals surface area contributed by atoms with Crippen LogP contribution >= 0.6 is 0 Å². The molecule has 2 N–H and O–H groups in total. The lowest BCUT2D eigenvalue weighted by molar-refractivity contribution is -0.143. The van der Waals surface area contributed by atoms with Crippen LogP contribution in [-0.2, 0) is 35.1 Å². The molecular formula is C40H47F3N6O7. The minimum Gasteiger partial charge on any atom is -0.464 e. The maximum atomic E-state index is 15.2. The predicted octanol–water partition coefficient (Wildman–Crippen LogP) is 4.18. The number of aromatic nitrogens is 2. The number of nitrogens with zero attached hydrogens (tertiary/aromatic N) is 4. The molecule has 16 heteroatoms. The highest BCUT2D eigenvalue weighted by molar-refractivity contribution is 6.12. The van der Waals surface area contributed by atoms with Gasteiger partial charge in [0.15, 0.2) is 0 Å². The molecule has 13 nitrogen and oxygen atoms in total. The molecular weight excluding hydrogens is 733 g/mol. The Balaban J connectivity index is 1.16. The first-order valence-corrected chi connectivity index (χ1v) is 19.0. The van der Waals surface area contributed by atoms with Gasteiger partial charge in [0.1, 0.15) is 30.2 Å². The second-order valence-corrected chi connectivity index (χ2v) is 14.0. The smallest absolute Gasteiger partial charge is 0.318 e. The molecule has 3 aliphatic rings. The Morgan fingerprint density at radius 3 is 2.52 bits per heavy atom. The highest BCUT2D eigenvalue weighted by Gasteiger charge is 2.40. The summed E-state index contributed by atoms with van der Waals surface area (Å²) < 4.78 is 63.2. The zero-order valence-corrected chi connectivity index (χ0v) is 31.0. The Bertz CT molecular complexity index is 1840. The number of hydrogen-bond acceptors (Lipinski definition) is 9. The summed E-state index contributed by atoms with van der Waals surface area (Å²) in [5.41, 5.74) is 1.09. The van der Waals surface area contributed by atoms with Crippen LogP contribution in [0, 0.1) is 23.5 Å². The van der Waals surface area contributed by atoms with Gasteiger partial charge in [0.2, 0.25) is 0 Å². The fourth-order valence-electron chi connectivity index (χ4n) is 7.21. The number of rotatable bonds is 18. The Morgan fingerprint density at radius 2 is 1.79 bits per heavy atom. The van der Waals surface area contributed by atoms with Crippen molar-refractivity contribution in [2.45, 2.75) is 44.4 Å². The van der Waals surface area contributed by atoms with E-state index in [1.54, 1.807) is 11.1 Å².